The molecule has 0 radical (unpaired) electrons. The quantitative estimate of drug-likeness (QED) is 0.282. The maximum atomic E-state index is 10.9. The average Bonchev–Trinajstić information content (AvgIpc) is 2.88. The third-order valence-corrected chi connectivity index (χ3v) is 6.06. The van der Waals surface area contributed by atoms with Gasteiger partial charge in [0.1, 0.15) is 5.82 Å². The highest BCUT2D eigenvalue weighted by Crippen LogP contribution is 2.23. The molecule has 0 bridgehead atoms. The molecule has 1 aliphatic rings. The number of nitrogens with one attached hydrogen (secondary N) is 3. The first kappa shape index (κ1) is 25.5. The smallest absolute Gasteiger partial charge is 0.317 e. The molecule has 1 aliphatic heterocycles. The second-order valence-electron chi connectivity index (χ2n) is 8.88. The molecule has 0 aliphatic carbocycles. The normalized spacial score (nSPS) is 14.5. The summed E-state index contributed by atoms with van der Waals surface area (Å²) in [6, 6.07) is 12.3. The predicted octanol–water partition coefficient (Wildman–Crippen LogP) is 2.51. The number of aliphatic carboxylic acids is 1. The highest BCUT2D eigenvalue weighted by Gasteiger charge is 2.18. The number of pyridine rings is 1. The highest BCUT2D eigenvalue weighted by atomic mass is 16.4. The zero-order valence-electron chi connectivity index (χ0n) is 20.7. The lowest BCUT2D eigenvalue weighted by Crippen LogP contribution is -2.47. The Morgan fingerprint density at radius 2 is 1.75 bits per heavy atom. The summed E-state index contributed by atoms with van der Waals surface area (Å²) in [5, 5.41) is 18.7. The summed E-state index contributed by atoms with van der Waals surface area (Å²) in [7, 11) is 1.94. The fourth-order valence-electron chi connectivity index (χ4n) is 4.16. The van der Waals surface area contributed by atoms with E-state index in [0.29, 0.717) is 5.95 Å². The number of piperazine rings is 1. The molecule has 0 amide bonds. The molecule has 0 atom stereocenters. The maximum Gasteiger partial charge on any atom is 0.317 e. The molecular weight excluding hydrogens is 456 g/mol. The monoisotopic (exact) mass is 490 g/mol. The van der Waals surface area contributed by atoms with Crippen LogP contribution in [0.25, 0.3) is 11.1 Å². The standard InChI is InChI=1S/C26H34N8O2/c1-27-7-3-8-29-26-30-16-22(17-31-26)21-6-9-28-24(15-21)32-23-5-2-4-20(14-23)18-33-10-12-34(13-11-33)19-25(35)36/h2,4-6,9,14-17,27H,3,7-8,10-13,18-19H2,1H3,(H,28,32)(H,35,36)(H,29,30,31). The minimum absolute atomic E-state index is 0.115. The second-order valence-corrected chi connectivity index (χ2v) is 8.88. The van der Waals surface area contributed by atoms with Crippen molar-refractivity contribution in [2.45, 2.75) is 13.0 Å². The van der Waals surface area contributed by atoms with Crippen LogP contribution in [-0.4, -0.2) is 88.7 Å². The molecule has 36 heavy (non-hydrogen) atoms. The van der Waals surface area contributed by atoms with Crippen LogP contribution in [0.3, 0.4) is 0 Å². The maximum absolute atomic E-state index is 10.9. The number of aromatic nitrogens is 3. The van der Waals surface area contributed by atoms with E-state index < -0.39 is 5.97 Å². The summed E-state index contributed by atoms with van der Waals surface area (Å²) in [6.07, 6.45) is 6.43. The Bertz CT molecular complexity index is 1120. The lowest BCUT2D eigenvalue weighted by molar-refractivity contribution is -0.138. The highest BCUT2D eigenvalue weighted by molar-refractivity contribution is 5.69. The van der Waals surface area contributed by atoms with Crippen LogP contribution >= 0.6 is 0 Å². The van der Waals surface area contributed by atoms with Crippen molar-refractivity contribution < 1.29 is 9.90 Å². The predicted molar refractivity (Wildman–Crippen MR) is 141 cm³/mol. The van der Waals surface area contributed by atoms with Gasteiger partial charge in [-0.1, -0.05) is 12.1 Å². The Labute approximate surface area is 211 Å². The van der Waals surface area contributed by atoms with E-state index in [1.807, 2.05) is 48.6 Å². The van der Waals surface area contributed by atoms with Crippen molar-refractivity contribution in [1.29, 1.82) is 0 Å². The number of carbonyl (C=O) groups is 1. The summed E-state index contributed by atoms with van der Waals surface area (Å²) in [6.45, 7) is 5.99. The molecule has 3 aromatic rings. The van der Waals surface area contributed by atoms with Crippen LogP contribution in [0.4, 0.5) is 17.5 Å². The van der Waals surface area contributed by atoms with Crippen LogP contribution in [-0.2, 0) is 11.3 Å². The number of hydrogen-bond acceptors (Lipinski definition) is 9. The van der Waals surface area contributed by atoms with E-state index >= 15 is 0 Å². The molecule has 4 rings (SSSR count). The van der Waals surface area contributed by atoms with E-state index in [2.05, 4.69) is 47.9 Å². The third-order valence-electron chi connectivity index (χ3n) is 6.06. The number of carboxylic acid groups (broad SMARTS) is 1. The minimum Gasteiger partial charge on any atom is -0.480 e. The van der Waals surface area contributed by atoms with Crippen LogP contribution in [0.15, 0.2) is 55.0 Å². The minimum atomic E-state index is -0.766. The first-order valence-electron chi connectivity index (χ1n) is 12.3. The first-order valence-corrected chi connectivity index (χ1v) is 12.3. The van der Waals surface area contributed by atoms with Crippen molar-refractivity contribution in [2.24, 2.45) is 0 Å². The van der Waals surface area contributed by atoms with E-state index in [1.165, 1.54) is 5.56 Å². The van der Waals surface area contributed by atoms with Gasteiger partial charge in [-0.2, -0.15) is 0 Å². The van der Waals surface area contributed by atoms with E-state index in [0.717, 1.165) is 74.9 Å². The second kappa shape index (κ2) is 12.9. The van der Waals surface area contributed by atoms with Gasteiger partial charge in [-0.05, 0) is 55.4 Å². The first-order chi connectivity index (χ1) is 17.6. The van der Waals surface area contributed by atoms with Gasteiger partial charge < -0.3 is 21.1 Å². The molecule has 1 aromatic carbocycles. The van der Waals surface area contributed by atoms with Gasteiger partial charge in [0.25, 0.3) is 0 Å². The van der Waals surface area contributed by atoms with Gasteiger partial charge in [0, 0.05) is 69.1 Å². The van der Waals surface area contributed by atoms with E-state index in [9.17, 15) is 4.79 Å². The largest absolute Gasteiger partial charge is 0.480 e. The molecule has 2 aromatic heterocycles. The molecule has 190 valence electrons. The van der Waals surface area contributed by atoms with Gasteiger partial charge >= 0.3 is 5.97 Å². The van der Waals surface area contributed by atoms with Gasteiger partial charge in [0.05, 0.1) is 6.54 Å². The van der Waals surface area contributed by atoms with Crippen LogP contribution < -0.4 is 16.0 Å². The van der Waals surface area contributed by atoms with Crippen LogP contribution in [0.5, 0.6) is 0 Å². The number of benzene rings is 1. The van der Waals surface area contributed by atoms with Gasteiger partial charge in [-0.3, -0.25) is 14.6 Å². The van der Waals surface area contributed by atoms with Gasteiger partial charge in [0.2, 0.25) is 5.95 Å². The molecule has 0 spiro atoms. The Morgan fingerprint density at radius 3 is 2.50 bits per heavy atom. The molecule has 0 unspecified atom stereocenters. The molecular formula is C26H34N8O2. The molecule has 0 saturated carbocycles. The van der Waals surface area contributed by atoms with Crippen molar-refractivity contribution >= 4 is 23.4 Å². The number of nitrogens with zero attached hydrogens (tertiary/aromatic N) is 5. The average molecular weight is 491 g/mol. The Hall–Kier alpha value is -3.60. The fourth-order valence-corrected chi connectivity index (χ4v) is 4.16. The number of hydrogen-bond donors (Lipinski definition) is 4. The van der Waals surface area contributed by atoms with Crippen molar-refractivity contribution in [1.82, 2.24) is 30.1 Å². The van der Waals surface area contributed by atoms with Crippen molar-refractivity contribution in [2.75, 3.05) is 63.5 Å². The van der Waals surface area contributed by atoms with E-state index in [-0.39, 0.29) is 6.54 Å². The summed E-state index contributed by atoms with van der Waals surface area (Å²) in [4.78, 5) is 28.6. The van der Waals surface area contributed by atoms with Crippen LogP contribution in [0, 0.1) is 0 Å². The molecule has 10 nitrogen and oxygen atoms in total. The summed E-state index contributed by atoms with van der Waals surface area (Å²) >= 11 is 0. The van der Waals surface area contributed by atoms with Gasteiger partial charge in [-0.15, -0.1) is 0 Å². The lowest BCUT2D eigenvalue weighted by atomic mass is 10.1. The third kappa shape index (κ3) is 7.70. The van der Waals surface area contributed by atoms with Crippen molar-refractivity contribution in [3.05, 3.63) is 60.6 Å². The molecule has 10 heteroatoms. The molecule has 1 fully saturated rings. The number of carboxylic acids is 1. The van der Waals surface area contributed by atoms with Gasteiger partial charge in [-0.25, -0.2) is 15.0 Å². The Kier molecular flexibility index (Phi) is 9.15. The van der Waals surface area contributed by atoms with Crippen molar-refractivity contribution in [3.8, 4) is 11.1 Å². The zero-order chi connectivity index (χ0) is 25.2. The topological polar surface area (TPSA) is 119 Å². The Morgan fingerprint density at radius 1 is 0.972 bits per heavy atom. The number of anilines is 3. The zero-order valence-corrected chi connectivity index (χ0v) is 20.7. The molecule has 1 saturated heterocycles. The Balaban J connectivity index is 1.33. The van der Waals surface area contributed by atoms with Crippen LogP contribution in [0.1, 0.15) is 12.0 Å². The molecule has 4 N–H and O–H groups in total. The molecule has 3 heterocycles. The van der Waals surface area contributed by atoms with Crippen molar-refractivity contribution in [3.63, 3.8) is 0 Å². The summed E-state index contributed by atoms with van der Waals surface area (Å²) in [5.74, 6) is 0.612. The van der Waals surface area contributed by atoms with Gasteiger partial charge in [0.15, 0.2) is 0 Å². The fraction of sp³-hybridized carbons (Fsp3) is 0.385. The van der Waals surface area contributed by atoms with Crippen LogP contribution in [0.2, 0.25) is 0 Å². The summed E-state index contributed by atoms with van der Waals surface area (Å²) < 4.78 is 0. The lowest BCUT2D eigenvalue weighted by Gasteiger charge is -2.33. The van der Waals surface area contributed by atoms with E-state index in [4.69, 9.17) is 5.11 Å². The summed E-state index contributed by atoms with van der Waals surface area (Å²) in [5.41, 5.74) is 4.09. The SMILES string of the molecule is CNCCCNc1ncc(-c2ccnc(Nc3cccc(CN4CCN(CC(=O)O)CC4)c3)c2)cn1. The van der Waals surface area contributed by atoms with E-state index in [1.54, 1.807) is 6.20 Å². The number of rotatable bonds is 12.